The van der Waals surface area contributed by atoms with Crippen LogP contribution in [0.15, 0.2) is 30.3 Å². The summed E-state index contributed by atoms with van der Waals surface area (Å²) in [5.74, 6) is 0.518. The molecule has 3 atom stereocenters. The van der Waals surface area contributed by atoms with Crippen LogP contribution in [0.2, 0.25) is 0 Å². The van der Waals surface area contributed by atoms with E-state index in [-0.39, 0.29) is 6.04 Å². The van der Waals surface area contributed by atoms with Gasteiger partial charge in [0.1, 0.15) is 0 Å². The molecule has 2 aliphatic heterocycles. The van der Waals surface area contributed by atoms with Gasteiger partial charge in [0, 0.05) is 38.2 Å². The van der Waals surface area contributed by atoms with Crippen molar-refractivity contribution < 1.29 is 4.74 Å². The van der Waals surface area contributed by atoms with Crippen LogP contribution in [0.25, 0.3) is 0 Å². The van der Waals surface area contributed by atoms with E-state index in [1.807, 2.05) is 0 Å². The normalized spacial score (nSPS) is 32.6. The lowest BCUT2D eigenvalue weighted by atomic mass is 9.92. The number of hydrogen-bond acceptors (Lipinski definition) is 3. The summed E-state index contributed by atoms with van der Waals surface area (Å²) in [7, 11) is 0. The summed E-state index contributed by atoms with van der Waals surface area (Å²) in [6, 6.07) is 10.9. The number of rotatable bonds is 3. The Hall–Kier alpha value is -0.900. The molecule has 0 spiro atoms. The van der Waals surface area contributed by atoms with Gasteiger partial charge in [0.25, 0.3) is 0 Å². The topological polar surface area (TPSA) is 38.5 Å². The molecule has 3 nitrogen and oxygen atoms in total. The van der Waals surface area contributed by atoms with Gasteiger partial charge in [-0.2, -0.15) is 0 Å². The maximum absolute atomic E-state index is 6.33. The first-order chi connectivity index (χ1) is 9.33. The SMILES string of the molecule is N[C@H]1CN(Cc2ccccc2)C[C@@H]1C1CCCCO1. The van der Waals surface area contributed by atoms with Gasteiger partial charge >= 0.3 is 0 Å². The van der Waals surface area contributed by atoms with Crippen LogP contribution < -0.4 is 5.73 Å². The molecule has 2 aliphatic rings. The van der Waals surface area contributed by atoms with Crippen LogP contribution in [0.1, 0.15) is 24.8 Å². The minimum absolute atomic E-state index is 0.270. The summed E-state index contributed by atoms with van der Waals surface area (Å²) >= 11 is 0. The average molecular weight is 260 g/mol. The number of ether oxygens (including phenoxy) is 1. The molecule has 2 N–H and O–H groups in total. The van der Waals surface area contributed by atoms with Gasteiger partial charge in [0.15, 0.2) is 0 Å². The summed E-state index contributed by atoms with van der Waals surface area (Å²) in [6.07, 6.45) is 4.10. The number of hydrogen-bond donors (Lipinski definition) is 1. The highest BCUT2D eigenvalue weighted by atomic mass is 16.5. The lowest BCUT2D eigenvalue weighted by molar-refractivity contribution is -0.0214. The third-order valence-electron chi connectivity index (χ3n) is 4.43. The maximum atomic E-state index is 6.33. The Morgan fingerprint density at radius 1 is 1.16 bits per heavy atom. The van der Waals surface area contributed by atoms with Crippen LogP contribution in [0.5, 0.6) is 0 Å². The fourth-order valence-corrected chi connectivity index (χ4v) is 3.41. The van der Waals surface area contributed by atoms with Crippen molar-refractivity contribution in [2.75, 3.05) is 19.7 Å². The maximum Gasteiger partial charge on any atom is 0.0630 e. The molecule has 2 fully saturated rings. The largest absolute Gasteiger partial charge is 0.378 e. The molecule has 104 valence electrons. The first-order valence-corrected chi connectivity index (χ1v) is 7.46. The van der Waals surface area contributed by atoms with E-state index >= 15 is 0 Å². The fourth-order valence-electron chi connectivity index (χ4n) is 3.41. The molecule has 1 unspecified atom stereocenters. The summed E-state index contributed by atoms with van der Waals surface area (Å²) < 4.78 is 5.92. The molecule has 0 aromatic heterocycles. The highest BCUT2D eigenvalue weighted by Gasteiger charge is 2.36. The second-order valence-electron chi connectivity index (χ2n) is 5.91. The first kappa shape index (κ1) is 13.1. The summed E-state index contributed by atoms with van der Waals surface area (Å²) in [5, 5.41) is 0. The molecule has 0 amide bonds. The lowest BCUT2D eigenvalue weighted by Gasteiger charge is -2.29. The third-order valence-corrected chi connectivity index (χ3v) is 4.43. The number of nitrogens with zero attached hydrogens (tertiary/aromatic N) is 1. The molecule has 3 heteroatoms. The molecule has 2 heterocycles. The number of nitrogens with two attached hydrogens (primary N) is 1. The zero-order chi connectivity index (χ0) is 13.1. The summed E-state index contributed by atoms with van der Waals surface area (Å²) in [5.41, 5.74) is 7.71. The summed E-state index contributed by atoms with van der Waals surface area (Å²) in [6.45, 7) is 4.02. The Labute approximate surface area is 115 Å². The van der Waals surface area contributed by atoms with Crippen molar-refractivity contribution in [1.29, 1.82) is 0 Å². The van der Waals surface area contributed by atoms with Gasteiger partial charge in [-0.3, -0.25) is 4.90 Å². The third kappa shape index (κ3) is 3.16. The minimum atomic E-state index is 0.270. The van der Waals surface area contributed by atoms with Crippen LogP contribution in [-0.4, -0.2) is 36.7 Å². The van der Waals surface area contributed by atoms with Crippen LogP contribution in [0, 0.1) is 5.92 Å². The van der Waals surface area contributed by atoms with Crippen LogP contribution in [0.4, 0.5) is 0 Å². The highest BCUT2D eigenvalue weighted by Crippen LogP contribution is 2.28. The Bertz CT molecular complexity index is 389. The molecule has 0 radical (unpaired) electrons. The van der Waals surface area contributed by atoms with Crippen LogP contribution in [-0.2, 0) is 11.3 Å². The number of benzene rings is 1. The van der Waals surface area contributed by atoms with E-state index in [1.54, 1.807) is 0 Å². The van der Waals surface area contributed by atoms with Gasteiger partial charge in [0.2, 0.25) is 0 Å². The van der Waals surface area contributed by atoms with E-state index in [2.05, 4.69) is 35.2 Å². The second-order valence-corrected chi connectivity index (χ2v) is 5.91. The van der Waals surface area contributed by atoms with Crippen LogP contribution in [0.3, 0.4) is 0 Å². The highest BCUT2D eigenvalue weighted by molar-refractivity contribution is 5.15. The quantitative estimate of drug-likeness (QED) is 0.903. The zero-order valence-electron chi connectivity index (χ0n) is 11.5. The first-order valence-electron chi connectivity index (χ1n) is 7.46. The molecule has 2 saturated heterocycles. The van der Waals surface area contributed by atoms with E-state index in [0.29, 0.717) is 12.0 Å². The van der Waals surface area contributed by atoms with E-state index in [1.165, 1.54) is 24.8 Å². The standard InChI is InChI=1S/C16H24N2O/c17-15-12-18(10-13-6-2-1-3-7-13)11-14(15)16-8-4-5-9-19-16/h1-3,6-7,14-16H,4-5,8-12,17H2/t14-,15-,16?/m0/s1. The van der Waals surface area contributed by atoms with Crippen molar-refractivity contribution in [2.45, 2.75) is 38.0 Å². The van der Waals surface area contributed by atoms with Crippen molar-refractivity contribution in [2.24, 2.45) is 11.7 Å². The molecule has 19 heavy (non-hydrogen) atoms. The van der Waals surface area contributed by atoms with E-state index in [0.717, 1.165) is 26.2 Å². The molecule has 3 rings (SSSR count). The van der Waals surface area contributed by atoms with Gasteiger partial charge in [-0.05, 0) is 24.8 Å². The van der Waals surface area contributed by atoms with E-state index in [9.17, 15) is 0 Å². The Morgan fingerprint density at radius 2 is 2.00 bits per heavy atom. The van der Waals surface area contributed by atoms with Gasteiger partial charge in [-0.1, -0.05) is 30.3 Å². The van der Waals surface area contributed by atoms with Gasteiger partial charge in [0.05, 0.1) is 6.10 Å². The van der Waals surface area contributed by atoms with Crippen molar-refractivity contribution in [1.82, 2.24) is 4.90 Å². The minimum Gasteiger partial charge on any atom is -0.378 e. The fraction of sp³-hybridized carbons (Fsp3) is 0.625. The zero-order valence-corrected chi connectivity index (χ0v) is 11.5. The van der Waals surface area contributed by atoms with Gasteiger partial charge in [-0.15, -0.1) is 0 Å². The van der Waals surface area contributed by atoms with E-state index < -0.39 is 0 Å². The predicted molar refractivity (Wildman–Crippen MR) is 76.8 cm³/mol. The van der Waals surface area contributed by atoms with E-state index in [4.69, 9.17) is 10.5 Å². The second kappa shape index (κ2) is 6.04. The van der Waals surface area contributed by atoms with Crippen molar-refractivity contribution in [3.05, 3.63) is 35.9 Å². The summed E-state index contributed by atoms with van der Waals surface area (Å²) in [4.78, 5) is 2.47. The van der Waals surface area contributed by atoms with Crippen LogP contribution >= 0.6 is 0 Å². The Balaban J connectivity index is 1.58. The lowest BCUT2D eigenvalue weighted by Crippen LogP contribution is -2.39. The van der Waals surface area contributed by atoms with Gasteiger partial charge < -0.3 is 10.5 Å². The molecule has 0 bridgehead atoms. The van der Waals surface area contributed by atoms with Crippen molar-refractivity contribution in [3.63, 3.8) is 0 Å². The molecular weight excluding hydrogens is 236 g/mol. The molecule has 1 aromatic carbocycles. The van der Waals surface area contributed by atoms with Crippen molar-refractivity contribution >= 4 is 0 Å². The monoisotopic (exact) mass is 260 g/mol. The molecule has 1 aromatic rings. The smallest absolute Gasteiger partial charge is 0.0630 e. The predicted octanol–water partition coefficient (Wildman–Crippen LogP) is 2.01. The van der Waals surface area contributed by atoms with Gasteiger partial charge in [-0.25, -0.2) is 0 Å². The average Bonchev–Trinajstić information content (AvgIpc) is 2.82. The molecule has 0 aliphatic carbocycles. The molecular formula is C16H24N2O. The Kier molecular flexibility index (Phi) is 4.16. The van der Waals surface area contributed by atoms with Crippen molar-refractivity contribution in [3.8, 4) is 0 Å². The Morgan fingerprint density at radius 3 is 2.74 bits per heavy atom. The number of likely N-dealkylation sites (tertiary alicyclic amines) is 1. The molecule has 0 saturated carbocycles.